The van der Waals surface area contributed by atoms with E-state index in [2.05, 4.69) is 4.98 Å². The third-order valence-corrected chi connectivity index (χ3v) is 8.96. The monoisotopic (exact) mass is 557 g/mol. The molecule has 0 bridgehead atoms. The summed E-state index contributed by atoms with van der Waals surface area (Å²) < 4.78 is 47.5. The lowest BCUT2D eigenvalue weighted by atomic mass is 9.72. The number of ketones is 1. The van der Waals surface area contributed by atoms with Crippen molar-refractivity contribution in [3.63, 3.8) is 0 Å². The van der Waals surface area contributed by atoms with Crippen molar-refractivity contribution in [2.75, 3.05) is 0 Å². The average molecular weight is 558 g/mol. The number of carbonyl (C=O) groups is 2. The quantitative estimate of drug-likeness (QED) is 0.360. The highest BCUT2D eigenvalue weighted by Crippen LogP contribution is 2.51. The van der Waals surface area contributed by atoms with E-state index in [0.29, 0.717) is 17.7 Å². The van der Waals surface area contributed by atoms with Crippen LogP contribution < -0.4 is 0 Å². The summed E-state index contributed by atoms with van der Waals surface area (Å²) >= 11 is 1.42. The average Bonchev–Trinajstić information content (AvgIpc) is 3.48. The van der Waals surface area contributed by atoms with Gasteiger partial charge in [-0.3, -0.25) is 9.59 Å². The zero-order chi connectivity index (χ0) is 28.6. The number of rotatable bonds is 2. The largest absolute Gasteiger partial charge is 0.457 e. The van der Waals surface area contributed by atoms with Crippen LogP contribution in [0.2, 0.25) is 0 Å². The Morgan fingerprint density at radius 2 is 1.87 bits per heavy atom. The molecule has 2 aliphatic rings. The Kier molecular flexibility index (Phi) is 9.31. The van der Waals surface area contributed by atoms with Crippen LogP contribution in [-0.2, 0) is 14.3 Å². The molecule has 0 unspecified atom stereocenters. The maximum absolute atomic E-state index is 14.0. The lowest BCUT2D eigenvalue weighted by Gasteiger charge is -2.34. The molecule has 1 fully saturated rings. The summed E-state index contributed by atoms with van der Waals surface area (Å²) in [7, 11) is 0. The number of nitrogens with zero attached hydrogens (tertiary/aromatic N) is 1. The third kappa shape index (κ3) is 7.12. The first-order valence-electron chi connectivity index (χ1n) is 13.0. The number of esters is 1. The van der Waals surface area contributed by atoms with Gasteiger partial charge in [-0.2, -0.15) is 13.2 Å². The number of aromatic nitrogens is 1. The highest BCUT2D eigenvalue weighted by Gasteiger charge is 2.49. The van der Waals surface area contributed by atoms with Crippen molar-refractivity contribution in [1.82, 2.24) is 4.98 Å². The second-order valence-corrected chi connectivity index (χ2v) is 12.5. The summed E-state index contributed by atoms with van der Waals surface area (Å²) in [6.07, 6.45) is -5.66. The van der Waals surface area contributed by atoms with E-state index in [1.54, 1.807) is 32.2 Å². The minimum absolute atomic E-state index is 0.143. The fourth-order valence-electron chi connectivity index (χ4n) is 5.33. The standard InChI is InChI=1S/C28H38F3NO5S/c1-14(9-20-13-38-17(4)32-20)22-8-7-19(28(29,30)31)10-18-11-21(18)15(2)25(35)16(3)26(36)27(5,6)23(33)12-24(34)37-22/h7,9,13,15-16,18,21-23,25,33,35H,8,10-12H2,1-6H3/b14-9+,19-7+/t15-,16+,18+,21+,22+,23-,25-/m0/s1. The zero-order valence-electron chi connectivity index (χ0n) is 22.7. The number of aliphatic hydroxyl groups excluding tert-OH is 2. The van der Waals surface area contributed by atoms with Crippen LogP contribution in [0.3, 0.4) is 0 Å². The van der Waals surface area contributed by atoms with Crippen LogP contribution in [0.5, 0.6) is 0 Å². The van der Waals surface area contributed by atoms with E-state index >= 15 is 0 Å². The Morgan fingerprint density at radius 3 is 2.45 bits per heavy atom. The number of hydrogen-bond donors (Lipinski definition) is 2. The SMILES string of the molecule is C/C(=C\c1csc(C)n1)[C@H]1C/C=C(/C(F)(F)F)C[C@@H]2C[C@@H]2[C@H](C)[C@H](O)[C@@H](C)C(=O)C(C)(C)[C@@H](O)CC(=O)O1. The van der Waals surface area contributed by atoms with Crippen molar-refractivity contribution >= 4 is 29.2 Å². The molecule has 1 saturated carbocycles. The zero-order valence-corrected chi connectivity index (χ0v) is 23.5. The topological polar surface area (TPSA) is 96.7 Å². The predicted octanol–water partition coefficient (Wildman–Crippen LogP) is 5.66. The number of ether oxygens (including phenoxy) is 1. The van der Waals surface area contributed by atoms with Gasteiger partial charge in [0.25, 0.3) is 0 Å². The van der Waals surface area contributed by atoms with E-state index in [-0.39, 0.29) is 24.7 Å². The second kappa shape index (κ2) is 11.6. The summed E-state index contributed by atoms with van der Waals surface area (Å²) in [4.78, 5) is 30.5. The highest BCUT2D eigenvalue weighted by molar-refractivity contribution is 7.09. The van der Waals surface area contributed by atoms with Gasteiger partial charge in [0.2, 0.25) is 0 Å². The van der Waals surface area contributed by atoms with Crippen LogP contribution >= 0.6 is 11.3 Å². The lowest BCUT2D eigenvalue weighted by molar-refractivity contribution is -0.154. The van der Waals surface area contributed by atoms with Gasteiger partial charge in [-0.15, -0.1) is 11.3 Å². The van der Waals surface area contributed by atoms with Gasteiger partial charge in [0.05, 0.1) is 34.7 Å². The molecule has 7 atom stereocenters. The van der Waals surface area contributed by atoms with E-state index in [1.165, 1.54) is 25.2 Å². The minimum Gasteiger partial charge on any atom is -0.457 e. The Bertz CT molecular complexity index is 1090. The lowest BCUT2D eigenvalue weighted by Crippen LogP contribution is -2.46. The fourth-order valence-corrected chi connectivity index (χ4v) is 5.90. The molecule has 1 aliphatic heterocycles. The molecule has 10 heteroatoms. The van der Waals surface area contributed by atoms with Crippen LogP contribution in [0.25, 0.3) is 6.08 Å². The molecule has 2 heterocycles. The molecule has 3 rings (SSSR count). The Hall–Kier alpha value is -2.04. The summed E-state index contributed by atoms with van der Waals surface area (Å²) in [5.74, 6) is -2.91. The summed E-state index contributed by atoms with van der Waals surface area (Å²) in [6.45, 7) is 9.86. The Labute approximate surface area is 226 Å². The number of fused-ring (bicyclic) bond motifs is 1. The van der Waals surface area contributed by atoms with E-state index in [1.807, 2.05) is 6.92 Å². The summed E-state index contributed by atoms with van der Waals surface area (Å²) in [5, 5.41) is 24.4. The van der Waals surface area contributed by atoms with Crippen molar-refractivity contribution in [2.45, 2.75) is 91.7 Å². The highest BCUT2D eigenvalue weighted by atomic mass is 32.1. The molecule has 0 radical (unpaired) electrons. The van der Waals surface area contributed by atoms with Gasteiger partial charge in [-0.05, 0) is 56.1 Å². The van der Waals surface area contributed by atoms with Gasteiger partial charge < -0.3 is 14.9 Å². The van der Waals surface area contributed by atoms with Gasteiger partial charge in [-0.1, -0.05) is 33.8 Å². The van der Waals surface area contributed by atoms with Crippen molar-refractivity contribution in [2.24, 2.45) is 29.1 Å². The predicted molar refractivity (Wildman–Crippen MR) is 139 cm³/mol. The number of thiazole rings is 1. The molecule has 0 saturated heterocycles. The first kappa shape index (κ1) is 30.5. The number of alkyl halides is 3. The minimum atomic E-state index is -4.55. The molecule has 212 valence electrons. The van der Waals surface area contributed by atoms with Crippen molar-refractivity contribution < 1.29 is 37.7 Å². The van der Waals surface area contributed by atoms with Gasteiger partial charge in [0.15, 0.2) is 0 Å². The molecule has 0 spiro atoms. The van der Waals surface area contributed by atoms with E-state index in [4.69, 9.17) is 4.74 Å². The first-order valence-corrected chi connectivity index (χ1v) is 13.9. The van der Waals surface area contributed by atoms with Crippen LogP contribution in [0, 0.1) is 36.0 Å². The normalized spacial score (nSPS) is 35.2. The summed E-state index contributed by atoms with van der Waals surface area (Å²) in [6, 6.07) is 0. The van der Waals surface area contributed by atoms with E-state index in [9.17, 15) is 33.0 Å². The van der Waals surface area contributed by atoms with E-state index < -0.39 is 65.5 Å². The van der Waals surface area contributed by atoms with Gasteiger partial charge in [-0.25, -0.2) is 4.98 Å². The van der Waals surface area contributed by atoms with Crippen molar-refractivity contribution in [1.29, 1.82) is 0 Å². The number of cyclic esters (lactones) is 1. The molecule has 0 amide bonds. The number of aryl methyl sites for hydroxylation is 1. The molecule has 1 aliphatic carbocycles. The number of aliphatic hydroxyl groups is 2. The number of hydrogen-bond acceptors (Lipinski definition) is 7. The van der Waals surface area contributed by atoms with Crippen LogP contribution in [-0.4, -0.2) is 51.4 Å². The van der Waals surface area contributed by atoms with Crippen molar-refractivity contribution in [3.8, 4) is 0 Å². The van der Waals surface area contributed by atoms with Crippen LogP contribution in [0.4, 0.5) is 13.2 Å². The number of carbonyl (C=O) groups excluding carboxylic acids is 2. The number of halogens is 3. The summed E-state index contributed by atoms with van der Waals surface area (Å²) in [5.41, 5.74) is -0.909. The maximum atomic E-state index is 14.0. The van der Waals surface area contributed by atoms with Gasteiger partial charge in [0.1, 0.15) is 11.9 Å². The first-order chi connectivity index (χ1) is 17.5. The molecular formula is C28H38F3NO5S. The molecule has 1 aromatic heterocycles. The molecule has 38 heavy (non-hydrogen) atoms. The molecular weight excluding hydrogens is 519 g/mol. The van der Waals surface area contributed by atoms with Gasteiger partial charge in [0, 0.05) is 23.3 Å². The fraction of sp³-hybridized carbons (Fsp3) is 0.679. The maximum Gasteiger partial charge on any atom is 0.412 e. The Balaban J connectivity index is 1.98. The molecule has 6 nitrogen and oxygen atoms in total. The number of Topliss-reactive ketones (excluding diaryl/α,β-unsaturated/α-hetero) is 1. The smallest absolute Gasteiger partial charge is 0.412 e. The van der Waals surface area contributed by atoms with Gasteiger partial charge >= 0.3 is 12.1 Å². The molecule has 0 aromatic carbocycles. The number of allylic oxidation sites excluding steroid dienone is 1. The van der Waals surface area contributed by atoms with E-state index in [0.717, 1.165) is 11.1 Å². The second-order valence-electron chi connectivity index (χ2n) is 11.4. The third-order valence-electron chi connectivity index (χ3n) is 8.16. The Morgan fingerprint density at radius 1 is 1.21 bits per heavy atom. The van der Waals surface area contributed by atoms with Crippen molar-refractivity contribution in [3.05, 3.63) is 33.3 Å². The van der Waals surface area contributed by atoms with Crippen LogP contribution in [0.1, 0.15) is 71.0 Å². The van der Waals surface area contributed by atoms with Crippen LogP contribution in [0.15, 0.2) is 22.6 Å². The molecule has 2 N–H and O–H groups in total. The molecule has 1 aromatic rings.